The standard InChI is InChI=1S/C19H25FN4O4S/c1-13-10-24(11-14(2)27-13)29(25,26)23-9-3-4-16(12-23)19-21-18(22-28-19)15-5-7-17(20)8-6-15/h5-8,13-14,16H,3-4,9-12H2,1-2H3. The molecular formula is C19H25FN4O4S. The first kappa shape index (κ1) is 20.4. The molecule has 1 aromatic heterocycles. The van der Waals surface area contributed by atoms with Gasteiger partial charge in [0.15, 0.2) is 0 Å². The van der Waals surface area contributed by atoms with Crippen molar-refractivity contribution in [2.75, 3.05) is 26.2 Å². The highest BCUT2D eigenvalue weighted by molar-refractivity contribution is 7.86. The van der Waals surface area contributed by atoms with Gasteiger partial charge in [0.05, 0.1) is 18.1 Å². The van der Waals surface area contributed by atoms with Gasteiger partial charge in [-0.15, -0.1) is 0 Å². The third-order valence-electron chi connectivity index (χ3n) is 5.32. The fourth-order valence-electron chi connectivity index (χ4n) is 3.95. The largest absolute Gasteiger partial charge is 0.373 e. The molecule has 0 amide bonds. The van der Waals surface area contributed by atoms with Crippen LogP contribution in [0, 0.1) is 5.82 Å². The Morgan fingerprint density at radius 2 is 1.76 bits per heavy atom. The lowest BCUT2D eigenvalue weighted by Gasteiger charge is -2.39. The molecule has 2 aromatic rings. The summed E-state index contributed by atoms with van der Waals surface area (Å²) in [4.78, 5) is 4.43. The van der Waals surface area contributed by atoms with E-state index in [1.54, 1.807) is 12.1 Å². The number of aromatic nitrogens is 2. The Labute approximate surface area is 169 Å². The Hall–Kier alpha value is -1.88. The lowest BCUT2D eigenvalue weighted by Crippen LogP contribution is -2.54. The van der Waals surface area contributed by atoms with Gasteiger partial charge in [0.25, 0.3) is 10.2 Å². The van der Waals surface area contributed by atoms with Crippen molar-refractivity contribution in [1.82, 2.24) is 18.8 Å². The first-order chi connectivity index (χ1) is 13.8. The smallest absolute Gasteiger partial charge is 0.282 e. The normalized spacial score (nSPS) is 27.2. The van der Waals surface area contributed by atoms with Gasteiger partial charge in [0, 0.05) is 31.7 Å². The van der Waals surface area contributed by atoms with E-state index < -0.39 is 10.2 Å². The summed E-state index contributed by atoms with van der Waals surface area (Å²) in [5.74, 6) is 0.275. The first-order valence-corrected chi connectivity index (χ1v) is 11.2. The van der Waals surface area contributed by atoms with Crippen LogP contribution in [-0.4, -0.2) is 65.6 Å². The number of ether oxygens (including phenoxy) is 1. The van der Waals surface area contributed by atoms with Crippen molar-refractivity contribution in [2.24, 2.45) is 0 Å². The summed E-state index contributed by atoms with van der Waals surface area (Å²) in [5.41, 5.74) is 0.651. The summed E-state index contributed by atoms with van der Waals surface area (Å²) in [7, 11) is -3.59. The van der Waals surface area contributed by atoms with Crippen molar-refractivity contribution in [3.63, 3.8) is 0 Å². The van der Waals surface area contributed by atoms with Crippen molar-refractivity contribution >= 4 is 10.2 Å². The average molecular weight is 424 g/mol. The van der Waals surface area contributed by atoms with E-state index in [0.29, 0.717) is 49.9 Å². The van der Waals surface area contributed by atoms with E-state index in [1.165, 1.54) is 20.7 Å². The predicted octanol–water partition coefficient (Wildman–Crippen LogP) is 2.41. The molecule has 158 valence electrons. The predicted molar refractivity (Wildman–Crippen MR) is 104 cm³/mol. The van der Waals surface area contributed by atoms with Crippen molar-refractivity contribution in [3.05, 3.63) is 36.0 Å². The fraction of sp³-hybridized carbons (Fsp3) is 0.579. The molecule has 0 spiro atoms. The minimum Gasteiger partial charge on any atom is -0.373 e. The first-order valence-electron chi connectivity index (χ1n) is 9.83. The highest BCUT2D eigenvalue weighted by Crippen LogP contribution is 2.30. The third-order valence-corrected chi connectivity index (χ3v) is 7.25. The van der Waals surface area contributed by atoms with Crippen molar-refractivity contribution in [3.8, 4) is 11.4 Å². The number of halogens is 1. The number of morpholine rings is 1. The van der Waals surface area contributed by atoms with Crippen LogP contribution in [0.5, 0.6) is 0 Å². The zero-order valence-corrected chi connectivity index (χ0v) is 17.3. The summed E-state index contributed by atoms with van der Waals surface area (Å²) in [6.07, 6.45) is 1.22. The second-order valence-corrected chi connectivity index (χ2v) is 9.67. The topological polar surface area (TPSA) is 88.8 Å². The molecule has 10 heteroatoms. The van der Waals surface area contributed by atoms with Crippen LogP contribution in [-0.2, 0) is 14.9 Å². The van der Waals surface area contributed by atoms with Gasteiger partial charge in [-0.2, -0.15) is 22.0 Å². The molecule has 3 unspecified atom stereocenters. The van der Waals surface area contributed by atoms with Crippen LogP contribution in [0.15, 0.2) is 28.8 Å². The molecule has 0 radical (unpaired) electrons. The molecule has 0 N–H and O–H groups in total. The van der Waals surface area contributed by atoms with Gasteiger partial charge in [0.1, 0.15) is 5.82 Å². The maximum Gasteiger partial charge on any atom is 0.282 e. The number of piperidine rings is 1. The molecule has 1 aromatic carbocycles. The van der Waals surface area contributed by atoms with E-state index in [0.717, 1.165) is 6.42 Å². The van der Waals surface area contributed by atoms with Crippen molar-refractivity contribution < 1.29 is 22.1 Å². The summed E-state index contributed by atoms with van der Waals surface area (Å²) < 4.78 is 53.5. The molecule has 2 aliphatic heterocycles. The molecule has 0 aliphatic carbocycles. The molecule has 0 bridgehead atoms. The van der Waals surface area contributed by atoms with E-state index >= 15 is 0 Å². The van der Waals surface area contributed by atoms with E-state index in [4.69, 9.17) is 9.26 Å². The summed E-state index contributed by atoms with van der Waals surface area (Å²) in [5, 5.41) is 3.98. The van der Waals surface area contributed by atoms with Crippen LogP contribution in [0.25, 0.3) is 11.4 Å². The quantitative estimate of drug-likeness (QED) is 0.749. The average Bonchev–Trinajstić information content (AvgIpc) is 3.18. The summed E-state index contributed by atoms with van der Waals surface area (Å²) in [6.45, 7) is 5.23. The monoisotopic (exact) mass is 424 g/mol. The highest BCUT2D eigenvalue weighted by Gasteiger charge is 2.38. The van der Waals surface area contributed by atoms with Gasteiger partial charge in [-0.25, -0.2) is 4.39 Å². The Balaban J connectivity index is 1.49. The lowest BCUT2D eigenvalue weighted by molar-refractivity contribution is -0.0456. The highest BCUT2D eigenvalue weighted by atomic mass is 32.2. The molecule has 4 rings (SSSR count). The lowest BCUT2D eigenvalue weighted by atomic mass is 10.00. The Kier molecular flexibility index (Phi) is 5.69. The van der Waals surface area contributed by atoms with E-state index in [-0.39, 0.29) is 23.9 Å². The molecule has 3 atom stereocenters. The molecule has 29 heavy (non-hydrogen) atoms. The minimum absolute atomic E-state index is 0.136. The molecule has 2 saturated heterocycles. The number of hydrogen-bond donors (Lipinski definition) is 0. The third kappa shape index (κ3) is 4.35. The van der Waals surface area contributed by atoms with Crippen molar-refractivity contribution in [1.29, 1.82) is 0 Å². The van der Waals surface area contributed by atoms with E-state index in [1.807, 2.05) is 13.8 Å². The number of benzene rings is 1. The van der Waals surface area contributed by atoms with E-state index in [2.05, 4.69) is 10.1 Å². The van der Waals surface area contributed by atoms with Gasteiger partial charge in [-0.3, -0.25) is 0 Å². The zero-order chi connectivity index (χ0) is 20.6. The van der Waals surface area contributed by atoms with Crippen LogP contribution in [0.4, 0.5) is 4.39 Å². The molecule has 2 fully saturated rings. The van der Waals surface area contributed by atoms with Crippen LogP contribution >= 0.6 is 0 Å². The number of rotatable bonds is 4. The summed E-state index contributed by atoms with van der Waals surface area (Å²) in [6, 6.07) is 5.85. The fourth-order valence-corrected chi connectivity index (χ4v) is 5.80. The van der Waals surface area contributed by atoms with Gasteiger partial charge in [0.2, 0.25) is 11.7 Å². The van der Waals surface area contributed by atoms with Crippen LogP contribution in [0.3, 0.4) is 0 Å². The number of nitrogens with zero attached hydrogens (tertiary/aromatic N) is 4. The Morgan fingerprint density at radius 3 is 2.45 bits per heavy atom. The second-order valence-electron chi connectivity index (χ2n) is 7.74. The SMILES string of the molecule is CC1CN(S(=O)(=O)N2CCCC(c3nc(-c4ccc(F)cc4)no3)C2)CC(C)O1. The molecule has 3 heterocycles. The maximum absolute atomic E-state index is 13.2. The van der Waals surface area contributed by atoms with Crippen LogP contribution in [0.2, 0.25) is 0 Å². The molecule has 2 aliphatic rings. The number of hydrogen-bond acceptors (Lipinski definition) is 6. The van der Waals surface area contributed by atoms with Crippen LogP contribution < -0.4 is 0 Å². The van der Waals surface area contributed by atoms with Crippen LogP contribution in [0.1, 0.15) is 38.5 Å². The summed E-state index contributed by atoms with van der Waals surface area (Å²) >= 11 is 0. The maximum atomic E-state index is 13.2. The van der Waals surface area contributed by atoms with Crippen molar-refractivity contribution in [2.45, 2.75) is 44.8 Å². The van der Waals surface area contributed by atoms with Gasteiger partial charge in [-0.1, -0.05) is 5.16 Å². The zero-order valence-electron chi connectivity index (χ0n) is 16.5. The molecule has 8 nitrogen and oxygen atoms in total. The Morgan fingerprint density at radius 1 is 1.07 bits per heavy atom. The van der Waals surface area contributed by atoms with E-state index in [9.17, 15) is 12.8 Å². The van der Waals surface area contributed by atoms with Gasteiger partial charge in [-0.05, 0) is 51.0 Å². The van der Waals surface area contributed by atoms with Gasteiger partial charge >= 0.3 is 0 Å². The molecule has 0 saturated carbocycles. The second kappa shape index (κ2) is 8.10. The molecular weight excluding hydrogens is 399 g/mol. The Bertz CT molecular complexity index is 939. The minimum atomic E-state index is -3.59. The van der Waals surface area contributed by atoms with Gasteiger partial charge < -0.3 is 9.26 Å².